The molecule has 1 saturated heterocycles. The number of benzene rings is 1. The highest BCUT2D eigenvalue weighted by Crippen LogP contribution is 2.18. The topological polar surface area (TPSA) is 41.9 Å². The van der Waals surface area contributed by atoms with Crippen LogP contribution in [0.5, 0.6) is 5.75 Å². The monoisotopic (exact) mass is 283 g/mol. The Morgan fingerprint density at radius 1 is 1.37 bits per heavy atom. The molecule has 0 radical (unpaired) electrons. The van der Waals surface area contributed by atoms with Gasteiger partial charge in [0.1, 0.15) is 12.4 Å². The maximum atomic E-state index is 9.38. The standard InChI is InChI=1S/C14H21NO3S/c1-12-4-2-3-5-14(12)18-11-13(19-16)10-15-6-8-17-9-7-15/h2-5,13,16H,6-11H2,1H3. The van der Waals surface area contributed by atoms with Crippen molar-refractivity contribution in [2.24, 2.45) is 0 Å². The molecule has 1 aromatic carbocycles. The molecular weight excluding hydrogens is 262 g/mol. The van der Waals surface area contributed by atoms with Crippen molar-refractivity contribution < 1.29 is 14.0 Å². The highest BCUT2D eigenvalue weighted by atomic mass is 32.2. The van der Waals surface area contributed by atoms with Crippen LogP contribution in [0.25, 0.3) is 0 Å². The second kappa shape index (κ2) is 7.75. The summed E-state index contributed by atoms with van der Waals surface area (Å²) >= 11 is 0.881. The zero-order valence-corrected chi connectivity index (χ0v) is 12.1. The van der Waals surface area contributed by atoms with Crippen molar-refractivity contribution in [3.05, 3.63) is 29.8 Å². The molecule has 0 saturated carbocycles. The molecule has 0 bridgehead atoms. The van der Waals surface area contributed by atoms with Gasteiger partial charge in [-0.3, -0.25) is 4.90 Å². The fourth-order valence-corrected chi connectivity index (χ4v) is 2.50. The lowest BCUT2D eigenvalue weighted by Gasteiger charge is -2.29. The molecule has 1 N–H and O–H groups in total. The highest BCUT2D eigenvalue weighted by molar-refractivity contribution is 7.94. The molecule has 0 aliphatic carbocycles. The van der Waals surface area contributed by atoms with Gasteiger partial charge in [-0.25, -0.2) is 0 Å². The normalized spacial score (nSPS) is 18.2. The predicted molar refractivity (Wildman–Crippen MR) is 77.9 cm³/mol. The molecule has 19 heavy (non-hydrogen) atoms. The summed E-state index contributed by atoms with van der Waals surface area (Å²) in [6.07, 6.45) is 0. The van der Waals surface area contributed by atoms with Gasteiger partial charge >= 0.3 is 0 Å². The fourth-order valence-electron chi connectivity index (χ4n) is 2.09. The largest absolute Gasteiger partial charge is 0.492 e. The lowest BCUT2D eigenvalue weighted by Crippen LogP contribution is -2.41. The minimum Gasteiger partial charge on any atom is -0.492 e. The van der Waals surface area contributed by atoms with Crippen LogP contribution in [0.2, 0.25) is 0 Å². The Kier molecular flexibility index (Phi) is 5.97. The molecule has 2 rings (SSSR count). The molecule has 106 valence electrons. The molecule has 1 aliphatic rings. The highest BCUT2D eigenvalue weighted by Gasteiger charge is 2.18. The van der Waals surface area contributed by atoms with Gasteiger partial charge in [-0.15, -0.1) is 0 Å². The zero-order chi connectivity index (χ0) is 13.5. The number of hydrogen-bond donors (Lipinski definition) is 1. The van der Waals surface area contributed by atoms with Gasteiger partial charge in [-0.1, -0.05) is 18.2 Å². The molecule has 4 nitrogen and oxygen atoms in total. The summed E-state index contributed by atoms with van der Waals surface area (Å²) in [6.45, 7) is 6.80. The van der Waals surface area contributed by atoms with Crippen molar-refractivity contribution in [2.75, 3.05) is 39.5 Å². The quantitative estimate of drug-likeness (QED) is 0.811. The van der Waals surface area contributed by atoms with Gasteiger partial charge in [0.05, 0.1) is 18.5 Å². The molecule has 1 aliphatic heterocycles. The average Bonchev–Trinajstić information content (AvgIpc) is 2.46. The summed E-state index contributed by atoms with van der Waals surface area (Å²) in [5.41, 5.74) is 1.12. The number of hydrogen-bond acceptors (Lipinski definition) is 5. The second-order valence-corrected chi connectivity index (χ2v) is 5.59. The predicted octanol–water partition coefficient (Wildman–Crippen LogP) is 2.28. The third kappa shape index (κ3) is 4.69. The van der Waals surface area contributed by atoms with E-state index in [0.29, 0.717) is 6.61 Å². The van der Waals surface area contributed by atoms with E-state index in [0.717, 1.165) is 56.2 Å². The van der Waals surface area contributed by atoms with Crippen LogP contribution in [0.4, 0.5) is 0 Å². The Morgan fingerprint density at radius 3 is 2.79 bits per heavy atom. The number of morpholine rings is 1. The van der Waals surface area contributed by atoms with Crippen molar-refractivity contribution in [3.8, 4) is 5.75 Å². The summed E-state index contributed by atoms with van der Waals surface area (Å²) in [5.74, 6) is 0.892. The molecule has 5 heteroatoms. The number of para-hydroxylation sites is 1. The van der Waals surface area contributed by atoms with Crippen LogP contribution < -0.4 is 4.74 Å². The Labute approximate surface area is 118 Å². The summed E-state index contributed by atoms with van der Waals surface area (Å²) in [4.78, 5) is 2.30. The first-order valence-corrected chi connectivity index (χ1v) is 7.42. The first kappa shape index (κ1) is 14.7. The molecule has 1 aromatic rings. The molecule has 1 fully saturated rings. The maximum Gasteiger partial charge on any atom is 0.122 e. The van der Waals surface area contributed by atoms with Gasteiger partial charge in [0.25, 0.3) is 0 Å². The van der Waals surface area contributed by atoms with E-state index in [4.69, 9.17) is 9.47 Å². The molecule has 0 aromatic heterocycles. The Balaban J connectivity index is 1.80. The van der Waals surface area contributed by atoms with Gasteiger partial charge in [-0.2, -0.15) is 0 Å². The van der Waals surface area contributed by atoms with Crippen molar-refractivity contribution in [1.82, 2.24) is 4.90 Å². The van der Waals surface area contributed by atoms with Crippen LogP contribution in [0.1, 0.15) is 5.56 Å². The first-order chi connectivity index (χ1) is 9.29. The lowest BCUT2D eigenvalue weighted by atomic mass is 10.2. The van der Waals surface area contributed by atoms with Gasteiger partial charge in [0.2, 0.25) is 0 Å². The summed E-state index contributed by atoms with van der Waals surface area (Å²) in [5, 5.41) is 0.0673. The van der Waals surface area contributed by atoms with E-state index in [1.54, 1.807) is 0 Å². The summed E-state index contributed by atoms with van der Waals surface area (Å²) in [6, 6.07) is 7.95. The van der Waals surface area contributed by atoms with Crippen LogP contribution in [-0.2, 0) is 4.74 Å². The molecule has 0 amide bonds. The van der Waals surface area contributed by atoms with Crippen molar-refractivity contribution in [3.63, 3.8) is 0 Å². The molecule has 1 atom stereocenters. The third-order valence-electron chi connectivity index (χ3n) is 3.23. The minimum absolute atomic E-state index is 0.0673. The molecule has 1 heterocycles. The Bertz CT molecular complexity index is 383. The number of nitrogens with zero attached hydrogens (tertiary/aromatic N) is 1. The van der Waals surface area contributed by atoms with E-state index < -0.39 is 0 Å². The van der Waals surface area contributed by atoms with Gasteiger partial charge in [0, 0.05) is 19.6 Å². The fraction of sp³-hybridized carbons (Fsp3) is 0.571. The number of aryl methyl sites for hydroxylation is 1. The van der Waals surface area contributed by atoms with E-state index in [2.05, 4.69) is 4.90 Å². The summed E-state index contributed by atoms with van der Waals surface area (Å²) in [7, 11) is 0. The third-order valence-corrected chi connectivity index (χ3v) is 3.82. The smallest absolute Gasteiger partial charge is 0.122 e. The van der Waals surface area contributed by atoms with E-state index in [1.807, 2.05) is 31.2 Å². The van der Waals surface area contributed by atoms with Crippen LogP contribution in [0.15, 0.2) is 24.3 Å². The van der Waals surface area contributed by atoms with Crippen LogP contribution in [-0.4, -0.2) is 54.2 Å². The number of ether oxygens (including phenoxy) is 2. The van der Waals surface area contributed by atoms with Crippen LogP contribution in [0, 0.1) is 6.92 Å². The van der Waals surface area contributed by atoms with Gasteiger partial charge in [-0.05, 0) is 30.6 Å². The maximum absolute atomic E-state index is 9.38. The Hall–Kier alpha value is -0.750. The van der Waals surface area contributed by atoms with Gasteiger partial charge < -0.3 is 14.0 Å². The molecule has 1 unspecified atom stereocenters. The van der Waals surface area contributed by atoms with Gasteiger partial charge in [0.15, 0.2) is 0 Å². The average molecular weight is 283 g/mol. The van der Waals surface area contributed by atoms with Crippen LogP contribution >= 0.6 is 12.0 Å². The van der Waals surface area contributed by atoms with Crippen molar-refractivity contribution in [1.29, 1.82) is 0 Å². The Morgan fingerprint density at radius 2 is 2.11 bits per heavy atom. The SMILES string of the molecule is Cc1ccccc1OCC(CN1CCOCC1)SO. The zero-order valence-electron chi connectivity index (χ0n) is 11.2. The molecule has 0 spiro atoms. The van der Waals surface area contributed by atoms with E-state index in [1.165, 1.54) is 0 Å². The van der Waals surface area contributed by atoms with Crippen molar-refractivity contribution >= 4 is 12.0 Å². The minimum atomic E-state index is 0.0673. The summed E-state index contributed by atoms with van der Waals surface area (Å²) < 4.78 is 20.5. The van der Waals surface area contributed by atoms with E-state index in [-0.39, 0.29) is 5.25 Å². The second-order valence-electron chi connectivity index (χ2n) is 4.72. The number of rotatable bonds is 6. The van der Waals surface area contributed by atoms with E-state index >= 15 is 0 Å². The lowest BCUT2D eigenvalue weighted by molar-refractivity contribution is 0.0365. The first-order valence-electron chi connectivity index (χ1n) is 6.58. The van der Waals surface area contributed by atoms with Crippen LogP contribution in [0.3, 0.4) is 0 Å². The van der Waals surface area contributed by atoms with E-state index in [9.17, 15) is 4.55 Å². The van der Waals surface area contributed by atoms with Crippen molar-refractivity contribution in [2.45, 2.75) is 12.2 Å². The molecular formula is C14H21NO3S.